The lowest BCUT2D eigenvalue weighted by Crippen LogP contribution is -2.61. The summed E-state index contributed by atoms with van der Waals surface area (Å²) in [7, 11) is 0. The summed E-state index contributed by atoms with van der Waals surface area (Å²) in [6.07, 6.45) is 76.2. The Morgan fingerprint density at radius 1 is 0.438 bits per heavy atom. The fourth-order valence-corrected chi connectivity index (χ4v) is 11.4. The number of nitrogens with one attached hydrogen (secondary N) is 1. The van der Waals surface area contributed by atoms with Crippen molar-refractivity contribution >= 4 is 11.9 Å². The molecule has 6 N–H and O–H groups in total. The van der Waals surface area contributed by atoms with Crippen LogP contribution in [0.3, 0.4) is 0 Å². The number of rotatable bonds is 64. The van der Waals surface area contributed by atoms with Gasteiger partial charge in [0.1, 0.15) is 24.4 Å². The summed E-state index contributed by atoms with van der Waals surface area (Å²) >= 11 is 0. The molecule has 8 atom stereocenters. The molecule has 0 aromatic heterocycles. The second kappa shape index (κ2) is 64.9. The minimum absolute atomic E-state index is 0.117. The Bertz CT molecular complexity index is 1780. The van der Waals surface area contributed by atoms with Crippen molar-refractivity contribution in [3.8, 4) is 0 Å². The molecule has 1 aliphatic heterocycles. The third-order valence-electron chi connectivity index (χ3n) is 17.3. The summed E-state index contributed by atoms with van der Waals surface area (Å²) in [5, 5.41) is 57.3. The molecule has 8 unspecified atom stereocenters. The lowest BCUT2D eigenvalue weighted by atomic mass is 9.99. The molecule has 0 saturated carbocycles. The van der Waals surface area contributed by atoms with Crippen molar-refractivity contribution in [3.63, 3.8) is 0 Å². The van der Waals surface area contributed by atoms with Crippen LogP contribution in [0, 0.1) is 0 Å². The lowest BCUT2D eigenvalue weighted by Gasteiger charge is -2.41. The first-order valence-electron chi connectivity index (χ1n) is 37.4. The Kier molecular flexibility index (Phi) is 61.2. The number of aliphatic hydroxyl groups excluding tert-OH is 5. The molecule has 0 aromatic rings. The summed E-state index contributed by atoms with van der Waals surface area (Å²) in [6, 6.07) is -1.03. The minimum atomic E-state index is -1.62. The van der Waals surface area contributed by atoms with Gasteiger partial charge in [-0.15, -0.1) is 0 Å². The number of allylic oxidation sites excluding steroid dienone is 13. The van der Waals surface area contributed by atoms with E-state index < -0.39 is 67.4 Å². The zero-order valence-electron chi connectivity index (χ0n) is 57.5. The van der Waals surface area contributed by atoms with Crippen molar-refractivity contribution in [1.82, 2.24) is 5.32 Å². The highest BCUT2D eigenvalue weighted by atomic mass is 16.7. The van der Waals surface area contributed by atoms with Crippen molar-refractivity contribution in [2.24, 2.45) is 0 Å². The van der Waals surface area contributed by atoms with E-state index in [1.165, 1.54) is 199 Å². The van der Waals surface area contributed by atoms with Gasteiger partial charge < -0.3 is 45.1 Å². The number of hydrogen-bond donors (Lipinski definition) is 6. The van der Waals surface area contributed by atoms with Crippen LogP contribution in [0.2, 0.25) is 0 Å². The highest BCUT2D eigenvalue weighted by Gasteiger charge is 2.47. The zero-order chi connectivity index (χ0) is 64.6. The van der Waals surface area contributed by atoms with Gasteiger partial charge in [0.05, 0.1) is 25.4 Å². The van der Waals surface area contributed by atoms with Crippen molar-refractivity contribution in [1.29, 1.82) is 0 Å². The van der Waals surface area contributed by atoms with Crippen LogP contribution in [0.1, 0.15) is 335 Å². The first-order chi connectivity index (χ1) is 43.7. The van der Waals surface area contributed by atoms with E-state index in [1.54, 1.807) is 6.08 Å². The summed E-state index contributed by atoms with van der Waals surface area (Å²) in [4.78, 5) is 26.7. The number of amides is 1. The number of carbonyl (C=O) groups excluding carboxylic acids is 2. The van der Waals surface area contributed by atoms with E-state index in [4.69, 9.17) is 14.2 Å². The molecule has 1 saturated heterocycles. The summed E-state index contributed by atoms with van der Waals surface area (Å²) in [6.45, 7) is 5.76. The van der Waals surface area contributed by atoms with Gasteiger partial charge in [-0.05, 0) is 103 Å². The maximum Gasteiger partial charge on any atom is 0.306 e. The van der Waals surface area contributed by atoms with Crippen LogP contribution >= 0.6 is 0 Å². The monoisotopic (exact) mass is 1250 g/mol. The smallest absolute Gasteiger partial charge is 0.306 e. The van der Waals surface area contributed by atoms with Gasteiger partial charge in [-0.25, -0.2) is 0 Å². The summed E-state index contributed by atoms with van der Waals surface area (Å²) in [5.41, 5.74) is 0. The average Bonchev–Trinajstić information content (AvgIpc) is 2.45. The number of aliphatic hydroxyl groups is 5. The van der Waals surface area contributed by atoms with E-state index >= 15 is 0 Å². The van der Waals surface area contributed by atoms with Crippen molar-refractivity contribution in [2.45, 2.75) is 384 Å². The van der Waals surface area contributed by atoms with E-state index in [2.05, 4.69) is 99.0 Å². The fourth-order valence-electron chi connectivity index (χ4n) is 11.4. The molecule has 1 amide bonds. The molecule has 0 bridgehead atoms. The highest BCUT2D eigenvalue weighted by Crippen LogP contribution is 2.26. The van der Waals surface area contributed by atoms with Crippen molar-refractivity contribution < 1.29 is 49.3 Å². The largest absolute Gasteiger partial charge is 0.454 e. The molecule has 1 rings (SSSR count). The van der Waals surface area contributed by atoms with E-state index in [0.29, 0.717) is 12.8 Å². The Hall–Kier alpha value is -3.16. The van der Waals surface area contributed by atoms with Crippen LogP contribution in [0.4, 0.5) is 0 Å². The SMILES string of the molecule is CCCCC/C=C\C/C=C\C/C=C\CCCCCCCCCCCCCCCC(O)C(=O)NC(COC1OC(CO)C(O)C(O)C1OC(=O)CCCCCCCCCCCC/C=C\C/C=C\C/C=C\CCCCC)C(O)/C=C/CCCCCCCCCCC. The van der Waals surface area contributed by atoms with Gasteiger partial charge in [0.25, 0.3) is 0 Å². The summed E-state index contributed by atoms with van der Waals surface area (Å²) < 4.78 is 17.7. The number of ether oxygens (including phenoxy) is 3. The second-order valence-electron chi connectivity index (χ2n) is 25.7. The van der Waals surface area contributed by atoms with Gasteiger partial charge in [-0.1, -0.05) is 311 Å². The molecule has 11 nitrogen and oxygen atoms in total. The van der Waals surface area contributed by atoms with Gasteiger partial charge in [-0.3, -0.25) is 9.59 Å². The molecule has 0 spiro atoms. The number of hydrogen-bond acceptors (Lipinski definition) is 10. The van der Waals surface area contributed by atoms with Gasteiger partial charge in [0.15, 0.2) is 12.4 Å². The van der Waals surface area contributed by atoms with Gasteiger partial charge in [0, 0.05) is 6.42 Å². The number of esters is 1. The Labute approximate surface area is 546 Å². The normalized spacial score (nSPS) is 18.6. The van der Waals surface area contributed by atoms with Crippen molar-refractivity contribution in [3.05, 3.63) is 85.1 Å². The van der Waals surface area contributed by atoms with E-state index in [1.807, 2.05) is 6.08 Å². The molecule has 0 aromatic carbocycles. The van der Waals surface area contributed by atoms with E-state index in [-0.39, 0.29) is 19.4 Å². The standard InChI is InChI=1S/C78H139NO10/c1-4-7-10-13-16-19-22-24-26-28-30-32-34-35-36-38-39-41-43-45-47-50-53-56-59-62-65-71(82)77(86)79-69(70(81)64-61-58-55-52-49-21-18-15-12-9-6-3)68-87-78-76(75(85)74(84)72(67-80)88-78)89-73(83)66-63-60-57-54-51-48-46-44-42-40-37-33-31-29-27-25-23-20-17-14-11-8-5-2/h16-17,19-20,24-27,30-33,61,64,69-72,74-76,78,80-82,84-85H,4-15,18,21-23,28-29,34-60,62-63,65-68H2,1-3H3,(H,79,86)/b19-16-,20-17-,26-24-,27-25-,32-30-,33-31-,64-61+. The van der Waals surface area contributed by atoms with Gasteiger partial charge in [-0.2, -0.15) is 0 Å². The molecule has 0 aliphatic carbocycles. The van der Waals surface area contributed by atoms with E-state index in [9.17, 15) is 35.1 Å². The third-order valence-corrected chi connectivity index (χ3v) is 17.3. The minimum Gasteiger partial charge on any atom is -0.454 e. The predicted molar refractivity (Wildman–Crippen MR) is 375 cm³/mol. The molecule has 0 radical (unpaired) electrons. The molecule has 11 heteroatoms. The van der Waals surface area contributed by atoms with Crippen LogP contribution < -0.4 is 5.32 Å². The Balaban J connectivity index is 2.52. The lowest BCUT2D eigenvalue weighted by molar-refractivity contribution is -0.305. The maximum absolute atomic E-state index is 13.5. The van der Waals surface area contributed by atoms with Crippen LogP contribution in [0.25, 0.3) is 0 Å². The van der Waals surface area contributed by atoms with Crippen LogP contribution in [-0.2, 0) is 23.8 Å². The van der Waals surface area contributed by atoms with Crippen LogP contribution in [-0.4, -0.2) is 99.6 Å². The zero-order valence-corrected chi connectivity index (χ0v) is 57.5. The molecule has 1 heterocycles. The first kappa shape index (κ1) is 83.9. The molecule has 1 aliphatic rings. The van der Waals surface area contributed by atoms with Gasteiger partial charge >= 0.3 is 5.97 Å². The first-order valence-corrected chi connectivity index (χ1v) is 37.4. The maximum atomic E-state index is 13.5. The van der Waals surface area contributed by atoms with E-state index in [0.717, 1.165) is 89.9 Å². The predicted octanol–water partition coefficient (Wildman–Crippen LogP) is 19.6. The Morgan fingerprint density at radius 3 is 1.18 bits per heavy atom. The number of carbonyl (C=O) groups is 2. The number of unbranched alkanes of at least 4 members (excludes halogenated alkanes) is 38. The molecular formula is C78H139NO10. The quantitative estimate of drug-likeness (QED) is 0.0195. The molecule has 89 heavy (non-hydrogen) atoms. The van der Waals surface area contributed by atoms with Gasteiger partial charge in [0.2, 0.25) is 5.91 Å². The molecule has 1 fully saturated rings. The van der Waals surface area contributed by atoms with Crippen molar-refractivity contribution in [2.75, 3.05) is 13.2 Å². The topological polar surface area (TPSA) is 175 Å². The second-order valence-corrected chi connectivity index (χ2v) is 25.7. The average molecular weight is 1250 g/mol. The highest BCUT2D eigenvalue weighted by molar-refractivity contribution is 5.80. The Morgan fingerprint density at radius 2 is 0.775 bits per heavy atom. The molecular weight excluding hydrogens is 1110 g/mol. The fraction of sp³-hybridized carbons (Fsp3) is 0.795. The molecule has 516 valence electrons. The third kappa shape index (κ3) is 52.0. The van der Waals surface area contributed by atoms with Crippen LogP contribution in [0.15, 0.2) is 85.1 Å². The summed E-state index contributed by atoms with van der Waals surface area (Å²) in [5.74, 6) is -1.19. The van der Waals surface area contributed by atoms with Crippen LogP contribution in [0.5, 0.6) is 0 Å².